The Morgan fingerprint density at radius 2 is 1.62 bits per heavy atom. The highest BCUT2D eigenvalue weighted by Gasteiger charge is 2.25. The molecule has 0 unspecified atom stereocenters. The zero-order chi connectivity index (χ0) is 18.0. The van der Waals surface area contributed by atoms with Crippen molar-refractivity contribution < 1.29 is 9.59 Å². The van der Waals surface area contributed by atoms with Crippen LogP contribution in [0.2, 0.25) is 0 Å². The Labute approximate surface area is 145 Å². The fourth-order valence-corrected chi connectivity index (χ4v) is 3.63. The average Bonchev–Trinajstić information content (AvgIpc) is 2.82. The highest BCUT2D eigenvalue weighted by atomic mass is 16.2. The van der Waals surface area contributed by atoms with Crippen LogP contribution in [0.3, 0.4) is 0 Å². The molecule has 1 fully saturated rings. The number of nitrogens with zero attached hydrogens (tertiary/aromatic N) is 3. The maximum absolute atomic E-state index is 12.7. The van der Waals surface area contributed by atoms with E-state index in [0.29, 0.717) is 12.6 Å². The van der Waals surface area contributed by atoms with Crippen molar-refractivity contribution in [2.45, 2.75) is 47.6 Å². The van der Waals surface area contributed by atoms with E-state index >= 15 is 0 Å². The fraction of sp³-hybridized carbons (Fsp3) is 0.684. The van der Waals surface area contributed by atoms with Crippen LogP contribution in [-0.4, -0.2) is 58.8 Å². The van der Waals surface area contributed by atoms with Gasteiger partial charge in [-0.2, -0.15) is 0 Å². The average molecular weight is 333 g/mol. The molecule has 0 spiro atoms. The van der Waals surface area contributed by atoms with Crippen molar-refractivity contribution in [1.82, 2.24) is 14.4 Å². The van der Waals surface area contributed by atoms with E-state index in [1.54, 1.807) is 0 Å². The van der Waals surface area contributed by atoms with Crippen LogP contribution in [0.5, 0.6) is 0 Å². The number of aryl methyl sites for hydroxylation is 1. The summed E-state index contributed by atoms with van der Waals surface area (Å²) in [4.78, 5) is 28.8. The monoisotopic (exact) mass is 333 g/mol. The first-order chi connectivity index (χ1) is 11.2. The number of hydrogen-bond donors (Lipinski definition) is 0. The van der Waals surface area contributed by atoms with Crippen LogP contribution >= 0.6 is 0 Å². The predicted octanol–water partition coefficient (Wildman–Crippen LogP) is 2.67. The lowest BCUT2D eigenvalue weighted by atomic mass is 10.1. The van der Waals surface area contributed by atoms with Crippen molar-refractivity contribution in [2.24, 2.45) is 5.92 Å². The van der Waals surface area contributed by atoms with Gasteiger partial charge >= 0.3 is 0 Å². The van der Waals surface area contributed by atoms with E-state index < -0.39 is 0 Å². The Balaban J connectivity index is 1.97. The molecule has 0 saturated carbocycles. The molecule has 1 aliphatic rings. The second-order valence-electron chi connectivity index (χ2n) is 7.43. The van der Waals surface area contributed by atoms with Crippen LogP contribution in [0.25, 0.3) is 0 Å². The quantitative estimate of drug-likeness (QED) is 0.778. The standard InChI is InChI=1S/C19H31N3O2/c1-13(2)19(24)21-9-7-20(8-10-21)12-18(23)17-11-15(5)22(14(3)4)16(17)6/h11,13-14H,7-10,12H2,1-6H3. The van der Waals surface area contributed by atoms with Gasteiger partial charge in [-0.25, -0.2) is 0 Å². The summed E-state index contributed by atoms with van der Waals surface area (Å²) in [5.41, 5.74) is 3.03. The summed E-state index contributed by atoms with van der Waals surface area (Å²) < 4.78 is 2.21. The Kier molecular flexibility index (Phi) is 5.86. The van der Waals surface area contributed by atoms with Crippen LogP contribution in [0.1, 0.15) is 55.5 Å². The Morgan fingerprint density at radius 3 is 2.08 bits per heavy atom. The van der Waals surface area contributed by atoms with Crippen LogP contribution in [-0.2, 0) is 4.79 Å². The second kappa shape index (κ2) is 7.51. The summed E-state index contributed by atoms with van der Waals surface area (Å²) in [6.45, 7) is 15.6. The van der Waals surface area contributed by atoms with E-state index in [1.807, 2.05) is 31.7 Å². The Hall–Kier alpha value is -1.62. The summed E-state index contributed by atoms with van der Waals surface area (Å²) >= 11 is 0. The van der Waals surface area contributed by atoms with Gasteiger partial charge in [0.2, 0.25) is 5.91 Å². The number of carbonyl (C=O) groups is 2. The van der Waals surface area contributed by atoms with E-state index in [4.69, 9.17) is 0 Å². The van der Waals surface area contributed by atoms with Gasteiger partial charge in [-0.3, -0.25) is 14.5 Å². The maximum atomic E-state index is 12.7. The van der Waals surface area contributed by atoms with E-state index in [-0.39, 0.29) is 17.6 Å². The molecule has 1 saturated heterocycles. The van der Waals surface area contributed by atoms with Gasteiger partial charge in [-0.15, -0.1) is 0 Å². The molecule has 0 radical (unpaired) electrons. The van der Waals surface area contributed by atoms with Gasteiger partial charge in [0.15, 0.2) is 5.78 Å². The second-order valence-corrected chi connectivity index (χ2v) is 7.43. The molecular formula is C19H31N3O2. The molecule has 2 heterocycles. The molecule has 1 amide bonds. The highest BCUT2D eigenvalue weighted by Crippen LogP contribution is 2.21. The molecule has 5 nitrogen and oxygen atoms in total. The molecule has 1 aliphatic heterocycles. The van der Waals surface area contributed by atoms with Crippen LogP contribution < -0.4 is 0 Å². The molecular weight excluding hydrogens is 302 g/mol. The van der Waals surface area contributed by atoms with E-state index in [2.05, 4.69) is 30.2 Å². The summed E-state index contributed by atoms with van der Waals surface area (Å²) in [6, 6.07) is 2.37. The molecule has 0 N–H and O–H groups in total. The number of piperazine rings is 1. The van der Waals surface area contributed by atoms with Gasteiger partial charge in [0.1, 0.15) is 0 Å². The van der Waals surface area contributed by atoms with Crippen LogP contribution in [0.15, 0.2) is 6.07 Å². The molecule has 0 aromatic carbocycles. The molecule has 1 aromatic rings. The number of aromatic nitrogens is 1. The van der Waals surface area contributed by atoms with Gasteiger partial charge in [0.05, 0.1) is 6.54 Å². The van der Waals surface area contributed by atoms with Crippen molar-refractivity contribution in [3.63, 3.8) is 0 Å². The Bertz CT molecular complexity index is 608. The van der Waals surface area contributed by atoms with Gasteiger partial charge in [0.25, 0.3) is 0 Å². The van der Waals surface area contributed by atoms with E-state index in [1.165, 1.54) is 0 Å². The fourth-order valence-electron chi connectivity index (χ4n) is 3.63. The van der Waals surface area contributed by atoms with E-state index in [9.17, 15) is 9.59 Å². The maximum Gasteiger partial charge on any atom is 0.225 e. The predicted molar refractivity (Wildman–Crippen MR) is 96.5 cm³/mol. The zero-order valence-electron chi connectivity index (χ0n) is 15.9. The number of Topliss-reactive ketones (excluding diaryl/α,β-unsaturated/α-hetero) is 1. The van der Waals surface area contributed by atoms with Crippen molar-refractivity contribution in [3.05, 3.63) is 23.0 Å². The largest absolute Gasteiger partial charge is 0.346 e. The summed E-state index contributed by atoms with van der Waals surface area (Å²) in [5, 5.41) is 0. The minimum absolute atomic E-state index is 0.0413. The summed E-state index contributed by atoms with van der Waals surface area (Å²) in [6.07, 6.45) is 0. The van der Waals surface area contributed by atoms with Crippen molar-refractivity contribution in [2.75, 3.05) is 32.7 Å². The topological polar surface area (TPSA) is 45.6 Å². The lowest BCUT2D eigenvalue weighted by Gasteiger charge is -2.35. The number of amides is 1. The lowest BCUT2D eigenvalue weighted by molar-refractivity contribution is -0.136. The van der Waals surface area contributed by atoms with Gasteiger partial charge in [0, 0.05) is 55.1 Å². The number of ketones is 1. The molecule has 134 valence electrons. The number of hydrogen-bond acceptors (Lipinski definition) is 3. The molecule has 0 bridgehead atoms. The first-order valence-corrected chi connectivity index (χ1v) is 8.95. The summed E-state index contributed by atoms with van der Waals surface area (Å²) in [7, 11) is 0. The van der Waals surface area contributed by atoms with Gasteiger partial charge in [-0.1, -0.05) is 13.8 Å². The first-order valence-electron chi connectivity index (χ1n) is 8.95. The molecule has 5 heteroatoms. The number of rotatable bonds is 5. The van der Waals surface area contributed by atoms with Gasteiger partial charge in [-0.05, 0) is 33.8 Å². The smallest absolute Gasteiger partial charge is 0.225 e. The van der Waals surface area contributed by atoms with Crippen LogP contribution in [0, 0.1) is 19.8 Å². The summed E-state index contributed by atoms with van der Waals surface area (Å²) in [5.74, 6) is 0.430. The minimum atomic E-state index is 0.0413. The molecule has 2 rings (SSSR count). The molecule has 0 atom stereocenters. The Morgan fingerprint density at radius 1 is 1.04 bits per heavy atom. The third-order valence-electron chi connectivity index (χ3n) is 4.85. The molecule has 1 aromatic heterocycles. The third-order valence-corrected chi connectivity index (χ3v) is 4.85. The van der Waals surface area contributed by atoms with Gasteiger partial charge < -0.3 is 9.47 Å². The highest BCUT2D eigenvalue weighted by molar-refractivity contribution is 5.99. The van der Waals surface area contributed by atoms with Crippen molar-refractivity contribution >= 4 is 11.7 Å². The number of carbonyl (C=O) groups excluding carboxylic acids is 2. The lowest BCUT2D eigenvalue weighted by Crippen LogP contribution is -2.50. The van der Waals surface area contributed by atoms with Crippen molar-refractivity contribution in [1.29, 1.82) is 0 Å². The van der Waals surface area contributed by atoms with Crippen LogP contribution in [0.4, 0.5) is 0 Å². The first kappa shape index (κ1) is 18.7. The van der Waals surface area contributed by atoms with E-state index in [0.717, 1.165) is 43.1 Å². The molecule has 0 aliphatic carbocycles. The minimum Gasteiger partial charge on any atom is -0.346 e. The normalized spacial score (nSPS) is 16.2. The SMILES string of the molecule is Cc1cc(C(=O)CN2CCN(C(=O)C(C)C)CC2)c(C)n1C(C)C. The third kappa shape index (κ3) is 3.89. The zero-order valence-corrected chi connectivity index (χ0v) is 15.9. The van der Waals surface area contributed by atoms with Crippen molar-refractivity contribution in [3.8, 4) is 0 Å². The molecule has 24 heavy (non-hydrogen) atoms.